The maximum atomic E-state index is 11.5. The van der Waals surface area contributed by atoms with Crippen molar-refractivity contribution in [3.8, 4) is 0 Å². The third-order valence-corrected chi connectivity index (χ3v) is 3.88. The van der Waals surface area contributed by atoms with E-state index in [1.807, 2.05) is 17.5 Å². The van der Waals surface area contributed by atoms with Crippen LogP contribution in [0.25, 0.3) is 9.40 Å². The molecule has 0 radical (unpaired) electrons. The summed E-state index contributed by atoms with van der Waals surface area (Å²) in [6.07, 6.45) is 0. The molecule has 15 heavy (non-hydrogen) atoms. The molecule has 6 heteroatoms. The van der Waals surface area contributed by atoms with Gasteiger partial charge in [0.05, 0.1) is 11.4 Å². The van der Waals surface area contributed by atoms with E-state index in [0.717, 1.165) is 9.40 Å². The molecule has 0 aliphatic carbocycles. The molecule has 0 unspecified atom stereocenters. The number of carbonyl (C=O) groups excluding carboxylic acids is 2. The van der Waals surface area contributed by atoms with Gasteiger partial charge in [-0.2, -0.15) is 0 Å². The van der Waals surface area contributed by atoms with Gasteiger partial charge in [0.1, 0.15) is 0 Å². The molecule has 0 atom stereocenters. The number of amides is 2. The van der Waals surface area contributed by atoms with Gasteiger partial charge < -0.3 is 11.1 Å². The number of thiophene rings is 2. The third kappa shape index (κ3) is 2.16. The molecule has 0 aliphatic heterocycles. The number of nitrogens with two attached hydrogens (primary N) is 1. The van der Waals surface area contributed by atoms with Crippen molar-refractivity contribution in [1.29, 1.82) is 0 Å². The zero-order chi connectivity index (χ0) is 10.8. The molecule has 2 rings (SSSR count). The Kier molecular flexibility index (Phi) is 2.70. The van der Waals surface area contributed by atoms with Crippen LogP contribution in [0.1, 0.15) is 9.67 Å². The molecule has 3 N–H and O–H groups in total. The standard InChI is InChI=1S/C9H8N2O2S2/c10-8(12)4-11-9(13)7-3-6-5(15-7)1-2-14-6/h1-3H,4H2,(H2,10,12)(H,11,13). The summed E-state index contributed by atoms with van der Waals surface area (Å²) >= 11 is 3.00. The first-order chi connectivity index (χ1) is 7.16. The second-order valence-electron chi connectivity index (χ2n) is 2.91. The largest absolute Gasteiger partial charge is 0.368 e. The topological polar surface area (TPSA) is 72.2 Å². The Morgan fingerprint density at radius 2 is 2.20 bits per heavy atom. The van der Waals surface area contributed by atoms with Gasteiger partial charge in [0.15, 0.2) is 0 Å². The van der Waals surface area contributed by atoms with Gasteiger partial charge in [-0.15, -0.1) is 22.7 Å². The Bertz CT molecular complexity index is 486. The van der Waals surface area contributed by atoms with Crippen molar-refractivity contribution in [2.75, 3.05) is 6.54 Å². The van der Waals surface area contributed by atoms with Crippen molar-refractivity contribution >= 4 is 43.9 Å². The first kappa shape index (κ1) is 10.1. The van der Waals surface area contributed by atoms with Crippen LogP contribution in [0.5, 0.6) is 0 Å². The van der Waals surface area contributed by atoms with Gasteiger partial charge in [-0.05, 0) is 17.5 Å². The van der Waals surface area contributed by atoms with E-state index in [4.69, 9.17) is 5.73 Å². The van der Waals surface area contributed by atoms with E-state index in [9.17, 15) is 9.59 Å². The lowest BCUT2D eigenvalue weighted by molar-refractivity contribution is -0.117. The summed E-state index contributed by atoms with van der Waals surface area (Å²) in [5, 5.41) is 4.43. The van der Waals surface area contributed by atoms with Gasteiger partial charge in [0, 0.05) is 9.40 Å². The van der Waals surface area contributed by atoms with Crippen LogP contribution in [0.4, 0.5) is 0 Å². The number of nitrogens with one attached hydrogen (secondary N) is 1. The van der Waals surface area contributed by atoms with E-state index in [1.165, 1.54) is 11.3 Å². The minimum Gasteiger partial charge on any atom is -0.368 e. The zero-order valence-corrected chi connectivity index (χ0v) is 9.28. The van der Waals surface area contributed by atoms with E-state index < -0.39 is 5.91 Å². The molecular formula is C9H8N2O2S2. The fraction of sp³-hybridized carbons (Fsp3) is 0.111. The number of fused-ring (bicyclic) bond motifs is 1. The van der Waals surface area contributed by atoms with Crippen molar-refractivity contribution in [1.82, 2.24) is 5.32 Å². The molecular weight excluding hydrogens is 232 g/mol. The Morgan fingerprint density at radius 1 is 1.40 bits per heavy atom. The summed E-state index contributed by atoms with van der Waals surface area (Å²) in [5.74, 6) is -0.788. The third-order valence-electron chi connectivity index (χ3n) is 1.79. The number of carbonyl (C=O) groups is 2. The molecule has 0 spiro atoms. The average Bonchev–Trinajstić information content (AvgIpc) is 2.72. The number of hydrogen-bond donors (Lipinski definition) is 2. The number of hydrogen-bond acceptors (Lipinski definition) is 4. The fourth-order valence-electron chi connectivity index (χ4n) is 1.13. The molecule has 0 saturated carbocycles. The summed E-state index contributed by atoms with van der Waals surface area (Å²) in [4.78, 5) is 22.6. The molecule has 2 aromatic rings. The van der Waals surface area contributed by atoms with Crippen LogP contribution in [-0.4, -0.2) is 18.4 Å². The quantitative estimate of drug-likeness (QED) is 0.845. The first-order valence-electron chi connectivity index (χ1n) is 4.20. The summed E-state index contributed by atoms with van der Waals surface area (Å²) < 4.78 is 2.17. The predicted octanol–water partition coefficient (Wildman–Crippen LogP) is 1.18. The smallest absolute Gasteiger partial charge is 0.261 e. The summed E-state index contributed by atoms with van der Waals surface area (Å²) in [5.41, 5.74) is 4.93. The lowest BCUT2D eigenvalue weighted by Crippen LogP contribution is -2.32. The van der Waals surface area contributed by atoms with Crippen LogP contribution in [-0.2, 0) is 4.79 Å². The van der Waals surface area contributed by atoms with Crippen molar-refractivity contribution in [2.24, 2.45) is 5.73 Å². The van der Waals surface area contributed by atoms with E-state index in [-0.39, 0.29) is 12.5 Å². The van der Waals surface area contributed by atoms with E-state index in [0.29, 0.717) is 4.88 Å². The maximum Gasteiger partial charge on any atom is 0.261 e. The van der Waals surface area contributed by atoms with Crippen LogP contribution in [0.2, 0.25) is 0 Å². The van der Waals surface area contributed by atoms with Gasteiger partial charge in [0.2, 0.25) is 5.91 Å². The number of primary amides is 1. The van der Waals surface area contributed by atoms with Gasteiger partial charge in [-0.1, -0.05) is 0 Å². The first-order valence-corrected chi connectivity index (χ1v) is 5.90. The van der Waals surface area contributed by atoms with E-state index in [1.54, 1.807) is 11.3 Å². The van der Waals surface area contributed by atoms with Gasteiger partial charge in [-0.3, -0.25) is 9.59 Å². The van der Waals surface area contributed by atoms with Crippen molar-refractivity contribution < 1.29 is 9.59 Å². The predicted molar refractivity (Wildman–Crippen MR) is 61.2 cm³/mol. The van der Waals surface area contributed by atoms with E-state index in [2.05, 4.69) is 5.32 Å². The van der Waals surface area contributed by atoms with Crippen LogP contribution in [0.15, 0.2) is 17.5 Å². The molecule has 0 fully saturated rings. The zero-order valence-electron chi connectivity index (χ0n) is 7.65. The van der Waals surface area contributed by atoms with Gasteiger partial charge in [-0.25, -0.2) is 0 Å². The minimum atomic E-state index is -0.540. The second-order valence-corrected chi connectivity index (χ2v) is 4.94. The minimum absolute atomic E-state index is 0.121. The van der Waals surface area contributed by atoms with Crippen LogP contribution < -0.4 is 11.1 Å². The maximum absolute atomic E-state index is 11.5. The molecule has 0 aliphatic rings. The molecule has 78 valence electrons. The highest BCUT2D eigenvalue weighted by atomic mass is 32.1. The monoisotopic (exact) mass is 240 g/mol. The Labute approximate surface area is 93.7 Å². The molecule has 0 saturated heterocycles. The lowest BCUT2D eigenvalue weighted by atomic mass is 10.4. The van der Waals surface area contributed by atoms with Crippen LogP contribution in [0, 0.1) is 0 Å². The average molecular weight is 240 g/mol. The second kappa shape index (κ2) is 4.00. The summed E-state index contributed by atoms with van der Waals surface area (Å²) in [7, 11) is 0. The van der Waals surface area contributed by atoms with E-state index >= 15 is 0 Å². The molecule has 2 heterocycles. The normalized spacial score (nSPS) is 10.4. The molecule has 0 bridgehead atoms. The highest BCUT2D eigenvalue weighted by Gasteiger charge is 2.10. The molecule has 0 aromatic carbocycles. The molecule has 2 amide bonds. The SMILES string of the molecule is NC(=O)CNC(=O)c1cc2sccc2s1. The van der Waals surface area contributed by atoms with Crippen LogP contribution >= 0.6 is 22.7 Å². The highest BCUT2D eigenvalue weighted by Crippen LogP contribution is 2.29. The fourth-order valence-corrected chi connectivity index (χ4v) is 3.16. The van der Waals surface area contributed by atoms with Crippen molar-refractivity contribution in [2.45, 2.75) is 0 Å². The van der Waals surface area contributed by atoms with Gasteiger partial charge in [0.25, 0.3) is 5.91 Å². The highest BCUT2D eigenvalue weighted by molar-refractivity contribution is 7.27. The summed E-state index contributed by atoms with van der Waals surface area (Å²) in [6.45, 7) is -0.121. The van der Waals surface area contributed by atoms with Crippen molar-refractivity contribution in [3.05, 3.63) is 22.4 Å². The number of rotatable bonds is 3. The molecule has 4 nitrogen and oxygen atoms in total. The van der Waals surface area contributed by atoms with Crippen molar-refractivity contribution in [3.63, 3.8) is 0 Å². The Morgan fingerprint density at radius 3 is 2.87 bits per heavy atom. The Hall–Kier alpha value is -1.40. The molecule has 2 aromatic heterocycles. The Balaban J connectivity index is 2.13. The van der Waals surface area contributed by atoms with Gasteiger partial charge >= 0.3 is 0 Å². The lowest BCUT2D eigenvalue weighted by Gasteiger charge is -1.98. The van der Waals surface area contributed by atoms with Crippen LogP contribution in [0.3, 0.4) is 0 Å². The summed E-state index contributed by atoms with van der Waals surface area (Å²) in [6, 6.07) is 3.79.